The van der Waals surface area contributed by atoms with Gasteiger partial charge in [-0.1, -0.05) is 11.3 Å². The van der Waals surface area contributed by atoms with Crippen LogP contribution >= 0.6 is 11.3 Å². The van der Waals surface area contributed by atoms with Crippen LogP contribution in [0.1, 0.15) is 19.8 Å². The van der Waals surface area contributed by atoms with E-state index >= 15 is 0 Å². The predicted molar refractivity (Wildman–Crippen MR) is 85.8 cm³/mol. The van der Waals surface area contributed by atoms with Gasteiger partial charge in [0.15, 0.2) is 4.80 Å². The van der Waals surface area contributed by atoms with Gasteiger partial charge < -0.3 is 14.2 Å². The first-order chi connectivity index (χ1) is 10.7. The number of aromatic nitrogens is 2. The summed E-state index contributed by atoms with van der Waals surface area (Å²) in [6, 6.07) is 4.25. The Morgan fingerprint density at radius 3 is 2.95 bits per heavy atom. The molecular weight excluding hydrogens is 300 g/mol. The standard InChI is InChI=1S/C15H20N4O2S/c1-3-21-15(20)19-9-6-11(7-10-19)17-14-18(2)12-5-4-8-16-13(12)22-14/h4-5,8,11H,3,6-7,9-10H2,1-2H3. The van der Waals surface area contributed by atoms with Crippen molar-refractivity contribution in [2.45, 2.75) is 25.8 Å². The van der Waals surface area contributed by atoms with Crippen molar-refractivity contribution in [1.29, 1.82) is 0 Å². The zero-order valence-electron chi connectivity index (χ0n) is 12.9. The molecule has 0 atom stereocenters. The number of hydrogen-bond acceptors (Lipinski definition) is 5. The van der Waals surface area contributed by atoms with Crippen molar-refractivity contribution in [2.75, 3.05) is 19.7 Å². The molecule has 0 unspecified atom stereocenters. The van der Waals surface area contributed by atoms with E-state index in [-0.39, 0.29) is 12.1 Å². The van der Waals surface area contributed by atoms with Gasteiger partial charge in [-0.2, -0.15) is 0 Å². The van der Waals surface area contributed by atoms with Crippen molar-refractivity contribution in [3.8, 4) is 0 Å². The number of aryl methyl sites for hydroxylation is 1. The second-order valence-corrected chi connectivity index (χ2v) is 6.27. The highest BCUT2D eigenvalue weighted by Crippen LogP contribution is 2.16. The van der Waals surface area contributed by atoms with Gasteiger partial charge in [0, 0.05) is 26.3 Å². The van der Waals surface area contributed by atoms with Gasteiger partial charge in [0.1, 0.15) is 4.83 Å². The Labute approximate surface area is 133 Å². The highest BCUT2D eigenvalue weighted by Gasteiger charge is 2.23. The normalized spacial score (nSPS) is 17.2. The number of fused-ring (bicyclic) bond motifs is 1. The molecule has 1 fully saturated rings. The molecule has 1 aliphatic heterocycles. The molecule has 0 saturated carbocycles. The third kappa shape index (κ3) is 2.99. The smallest absolute Gasteiger partial charge is 0.409 e. The minimum Gasteiger partial charge on any atom is -0.450 e. The van der Waals surface area contributed by atoms with Gasteiger partial charge in [0.05, 0.1) is 18.2 Å². The zero-order valence-corrected chi connectivity index (χ0v) is 13.7. The maximum Gasteiger partial charge on any atom is 0.409 e. The first kappa shape index (κ1) is 15.0. The van der Waals surface area contributed by atoms with Gasteiger partial charge in [-0.05, 0) is 31.9 Å². The van der Waals surface area contributed by atoms with E-state index in [1.165, 1.54) is 0 Å². The monoisotopic (exact) mass is 320 g/mol. The Balaban J connectivity index is 1.73. The Morgan fingerprint density at radius 2 is 2.27 bits per heavy atom. The summed E-state index contributed by atoms with van der Waals surface area (Å²) in [6.45, 7) is 3.67. The van der Waals surface area contributed by atoms with Crippen LogP contribution in [0.3, 0.4) is 0 Å². The number of rotatable bonds is 2. The zero-order chi connectivity index (χ0) is 15.5. The van der Waals surface area contributed by atoms with Crippen molar-refractivity contribution >= 4 is 27.8 Å². The van der Waals surface area contributed by atoms with E-state index < -0.39 is 0 Å². The summed E-state index contributed by atoms with van der Waals surface area (Å²) in [6.07, 6.45) is 3.35. The minimum absolute atomic E-state index is 0.211. The number of thiazole rings is 1. The van der Waals surface area contributed by atoms with Crippen molar-refractivity contribution in [1.82, 2.24) is 14.5 Å². The number of likely N-dealkylation sites (tertiary alicyclic amines) is 1. The van der Waals surface area contributed by atoms with E-state index in [0.29, 0.717) is 19.7 Å². The maximum absolute atomic E-state index is 11.7. The number of amides is 1. The highest BCUT2D eigenvalue weighted by atomic mass is 32.1. The summed E-state index contributed by atoms with van der Waals surface area (Å²) >= 11 is 1.61. The Kier molecular flexibility index (Phi) is 4.42. The average Bonchev–Trinajstić information content (AvgIpc) is 2.85. The fourth-order valence-corrected chi connectivity index (χ4v) is 3.67. The summed E-state index contributed by atoms with van der Waals surface area (Å²) in [7, 11) is 2.02. The van der Waals surface area contributed by atoms with Crippen LogP contribution in [0.4, 0.5) is 4.79 Å². The number of nitrogens with zero attached hydrogens (tertiary/aromatic N) is 4. The molecule has 0 spiro atoms. The molecule has 22 heavy (non-hydrogen) atoms. The number of ether oxygens (including phenoxy) is 1. The van der Waals surface area contributed by atoms with Gasteiger partial charge >= 0.3 is 6.09 Å². The maximum atomic E-state index is 11.7. The molecule has 0 bridgehead atoms. The van der Waals surface area contributed by atoms with E-state index in [1.807, 2.05) is 20.0 Å². The number of carbonyl (C=O) groups excluding carboxylic acids is 1. The predicted octanol–water partition coefficient (Wildman–Crippen LogP) is 2.16. The number of piperidine rings is 1. The molecule has 6 nitrogen and oxygen atoms in total. The fourth-order valence-electron chi connectivity index (χ4n) is 2.64. The van der Waals surface area contributed by atoms with Crippen LogP contribution in [0.5, 0.6) is 0 Å². The molecule has 0 aromatic carbocycles. The summed E-state index contributed by atoms with van der Waals surface area (Å²) in [5, 5.41) is 0. The van der Waals surface area contributed by atoms with Crippen molar-refractivity contribution in [2.24, 2.45) is 12.0 Å². The molecular formula is C15H20N4O2S. The summed E-state index contributed by atoms with van der Waals surface area (Å²) in [5.74, 6) is 0. The molecule has 3 rings (SSSR count). The fraction of sp³-hybridized carbons (Fsp3) is 0.533. The molecule has 7 heteroatoms. The van der Waals surface area contributed by atoms with E-state index in [0.717, 1.165) is 28.0 Å². The molecule has 1 aliphatic rings. The summed E-state index contributed by atoms with van der Waals surface area (Å²) < 4.78 is 7.13. The lowest BCUT2D eigenvalue weighted by Gasteiger charge is -2.29. The molecule has 2 aromatic rings. The van der Waals surface area contributed by atoms with Gasteiger partial charge in [-0.3, -0.25) is 4.99 Å². The van der Waals surface area contributed by atoms with E-state index in [9.17, 15) is 4.79 Å². The third-order valence-electron chi connectivity index (χ3n) is 3.87. The van der Waals surface area contributed by atoms with Gasteiger partial charge in [-0.15, -0.1) is 0 Å². The van der Waals surface area contributed by atoms with Crippen LogP contribution in [-0.4, -0.2) is 46.3 Å². The number of pyridine rings is 1. The molecule has 1 amide bonds. The van der Waals surface area contributed by atoms with Crippen LogP contribution in [0, 0.1) is 0 Å². The third-order valence-corrected chi connectivity index (χ3v) is 4.94. The van der Waals surface area contributed by atoms with Gasteiger partial charge in [-0.25, -0.2) is 9.78 Å². The lowest BCUT2D eigenvalue weighted by atomic mass is 10.1. The molecule has 2 aromatic heterocycles. The Hall–Kier alpha value is -1.89. The van der Waals surface area contributed by atoms with Crippen LogP contribution in [-0.2, 0) is 11.8 Å². The van der Waals surface area contributed by atoms with Crippen molar-refractivity contribution < 1.29 is 9.53 Å². The SMILES string of the molecule is CCOC(=O)N1CCC(N=c2sc3ncccc3n2C)CC1. The largest absolute Gasteiger partial charge is 0.450 e. The Morgan fingerprint density at radius 1 is 1.50 bits per heavy atom. The molecule has 118 valence electrons. The topological polar surface area (TPSA) is 59.7 Å². The van der Waals surface area contributed by atoms with E-state index in [1.54, 1.807) is 22.4 Å². The Bertz CT molecular complexity index is 728. The van der Waals surface area contributed by atoms with Gasteiger partial charge in [0.2, 0.25) is 0 Å². The molecule has 0 aliphatic carbocycles. The molecule has 3 heterocycles. The number of hydrogen-bond donors (Lipinski definition) is 0. The second kappa shape index (κ2) is 6.48. The van der Waals surface area contributed by atoms with Crippen LogP contribution in [0.2, 0.25) is 0 Å². The summed E-state index contributed by atoms with van der Waals surface area (Å²) in [5.41, 5.74) is 1.11. The minimum atomic E-state index is -0.211. The first-order valence-corrected chi connectivity index (χ1v) is 8.36. The number of carbonyl (C=O) groups is 1. The lowest BCUT2D eigenvalue weighted by Crippen LogP contribution is -2.40. The summed E-state index contributed by atoms with van der Waals surface area (Å²) in [4.78, 5) is 24.7. The quantitative estimate of drug-likeness (QED) is 0.852. The van der Waals surface area contributed by atoms with Gasteiger partial charge in [0.25, 0.3) is 0 Å². The second-order valence-electron chi connectivity index (χ2n) is 5.32. The molecule has 1 saturated heterocycles. The lowest BCUT2D eigenvalue weighted by molar-refractivity contribution is 0.0973. The highest BCUT2D eigenvalue weighted by molar-refractivity contribution is 7.15. The van der Waals surface area contributed by atoms with Crippen LogP contribution < -0.4 is 4.80 Å². The van der Waals surface area contributed by atoms with Crippen LogP contribution in [0.25, 0.3) is 10.3 Å². The van der Waals surface area contributed by atoms with Crippen molar-refractivity contribution in [3.05, 3.63) is 23.1 Å². The molecule has 0 radical (unpaired) electrons. The van der Waals surface area contributed by atoms with Crippen LogP contribution in [0.15, 0.2) is 23.3 Å². The average molecular weight is 320 g/mol. The molecule has 0 N–H and O–H groups in total. The van der Waals surface area contributed by atoms with E-state index in [4.69, 9.17) is 9.73 Å². The first-order valence-electron chi connectivity index (χ1n) is 7.55. The van der Waals surface area contributed by atoms with Crippen molar-refractivity contribution in [3.63, 3.8) is 0 Å². The van der Waals surface area contributed by atoms with E-state index in [2.05, 4.69) is 15.6 Å².